The van der Waals surface area contributed by atoms with E-state index in [1.54, 1.807) is 7.11 Å². The van der Waals surface area contributed by atoms with Crippen LogP contribution in [0.2, 0.25) is 0 Å². The van der Waals surface area contributed by atoms with Crippen molar-refractivity contribution in [2.45, 2.75) is 19.5 Å². The predicted molar refractivity (Wildman–Crippen MR) is 75.7 cm³/mol. The molecule has 3 rings (SSSR count). The highest BCUT2D eigenvalue weighted by Gasteiger charge is 2.38. The van der Waals surface area contributed by atoms with Gasteiger partial charge in [-0.15, -0.1) is 0 Å². The molecular formula is C15H19N3O2. The summed E-state index contributed by atoms with van der Waals surface area (Å²) in [4.78, 5) is 14.4. The first-order valence-corrected chi connectivity index (χ1v) is 6.80. The SMILES string of the molecule is COc1ccc(CN2C(=O)C3CNNC3C=C2C)cc1. The lowest BCUT2D eigenvalue weighted by atomic mass is 9.95. The van der Waals surface area contributed by atoms with Gasteiger partial charge >= 0.3 is 0 Å². The molecule has 1 amide bonds. The van der Waals surface area contributed by atoms with Crippen LogP contribution in [0.5, 0.6) is 5.75 Å². The first kappa shape index (κ1) is 13.1. The molecule has 2 atom stereocenters. The molecule has 0 aliphatic carbocycles. The van der Waals surface area contributed by atoms with Crippen molar-refractivity contribution in [2.75, 3.05) is 13.7 Å². The summed E-state index contributed by atoms with van der Waals surface area (Å²) < 4.78 is 5.15. The minimum atomic E-state index is -0.00283. The normalized spacial score (nSPS) is 25.4. The zero-order valence-corrected chi connectivity index (χ0v) is 11.7. The number of methoxy groups -OCH3 is 1. The molecule has 0 aromatic heterocycles. The maximum Gasteiger partial charge on any atom is 0.233 e. The summed E-state index contributed by atoms with van der Waals surface area (Å²) in [5.41, 5.74) is 8.29. The third-order valence-electron chi connectivity index (χ3n) is 3.95. The highest BCUT2D eigenvalue weighted by Crippen LogP contribution is 2.25. The quantitative estimate of drug-likeness (QED) is 0.864. The smallest absolute Gasteiger partial charge is 0.233 e. The summed E-state index contributed by atoms with van der Waals surface area (Å²) in [5, 5.41) is 0. The fraction of sp³-hybridized carbons (Fsp3) is 0.400. The topological polar surface area (TPSA) is 53.6 Å². The van der Waals surface area contributed by atoms with E-state index in [2.05, 4.69) is 16.9 Å². The van der Waals surface area contributed by atoms with Crippen molar-refractivity contribution in [2.24, 2.45) is 5.92 Å². The molecule has 2 heterocycles. The number of fused-ring (bicyclic) bond motifs is 1. The lowest BCUT2D eigenvalue weighted by Crippen LogP contribution is -2.44. The number of nitrogens with zero attached hydrogens (tertiary/aromatic N) is 1. The Morgan fingerprint density at radius 1 is 1.35 bits per heavy atom. The van der Waals surface area contributed by atoms with E-state index in [0.717, 1.165) is 17.0 Å². The summed E-state index contributed by atoms with van der Waals surface area (Å²) >= 11 is 0. The molecule has 0 radical (unpaired) electrons. The minimum Gasteiger partial charge on any atom is -0.497 e. The third kappa shape index (κ3) is 2.30. The zero-order valence-electron chi connectivity index (χ0n) is 11.7. The van der Waals surface area contributed by atoms with Crippen molar-refractivity contribution in [3.8, 4) is 5.75 Å². The maximum absolute atomic E-state index is 12.5. The van der Waals surface area contributed by atoms with E-state index in [1.807, 2.05) is 36.1 Å². The lowest BCUT2D eigenvalue weighted by Gasteiger charge is -2.32. The van der Waals surface area contributed by atoms with Gasteiger partial charge in [0.2, 0.25) is 5.91 Å². The number of allylic oxidation sites excluding steroid dienone is 1. The van der Waals surface area contributed by atoms with Crippen molar-refractivity contribution in [3.63, 3.8) is 0 Å². The van der Waals surface area contributed by atoms with Crippen LogP contribution in [-0.4, -0.2) is 30.5 Å². The molecule has 0 saturated carbocycles. The average Bonchev–Trinajstić information content (AvgIpc) is 2.92. The van der Waals surface area contributed by atoms with Crippen LogP contribution in [0.4, 0.5) is 0 Å². The van der Waals surface area contributed by atoms with Crippen molar-refractivity contribution >= 4 is 5.91 Å². The third-order valence-corrected chi connectivity index (χ3v) is 3.95. The largest absolute Gasteiger partial charge is 0.497 e. The first-order chi connectivity index (χ1) is 9.69. The molecule has 0 spiro atoms. The number of hydrogen-bond acceptors (Lipinski definition) is 4. The van der Waals surface area contributed by atoms with Crippen molar-refractivity contribution in [3.05, 3.63) is 41.6 Å². The van der Waals surface area contributed by atoms with Gasteiger partial charge in [0.1, 0.15) is 5.75 Å². The van der Waals surface area contributed by atoms with E-state index in [9.17, 15) is 4.79 Å². The molecule has 5 nitrogen and oxygen atoms in total. The standard InChI is InChI=1S/C15H19N3O2/c1-10-7-14-13(8-16-17-14)15(19)18(10)9-11-3-5-12(20-2)6-4-11/h3-7,13-14,16-17H,8-9H2,1-2H3. The predicted octanol–water partition coefficient (Wildman–Crippen LogP) is 1.03. The van der Waals surface area contributed by atoms with Gasteiger partial charge in [-0.25, -0.2) is 5.43 Å². The number of rotatable bonds is 3. The number of carbonyl (C=O) groups is 1. The number of benzene rings is 1. The summed E-state index contributed by atoms with van der Waals surface area (Å²) in [7, 11) is 1.65. The van der Waals surface area contributed by atoms with Gasteiger partial charge in [0, 0.05) is 12.2 Å². The Balaban J connectivity index is 1.78. The first-order valence-electron chi connectivity index (χ1n) is 6.80. The second kappa shape index (κ2) is 5.26. The second-order valence-electron chi connectivity index (χ2n) is 5.24. The number of ether oxygens (including phenoxy) is 1. The lowest BCUT2D eigenvalue weighted by molar-refractivity contribution is -0.134. The number of carbonyl (C=O) groups excluding carboxylic acids is 1. The van der Waals surface area contributed by atoms with Gasteiger partial charge in [-0.3, -0.25) is 10.2 Å². The van der Waals surface area contributed by atoms with E-state index in [-0.39, 0.29) is 17.9 Å². The minimum absolute atomic E-state index is 0.00283. The fourth-order valence-corrected chi connectivity index (χ4v) is 2.75. The monoisotopic (exact) mass is 273 g/mol. The summed E-state index contributed by atoms with van der Waals surface area (Å²) in [5.74, 6) is 1.01. The molecule has 5 heteroatoms. The molecule has 20 heavy (non-hydrogen) atoms. The Morgan fingerprint density at radius 2 is 2.10 bits per heavy atom. The van der Waals surface area contributed by atoms with Crippen LogP contribution in [0.3, 0.4) is 0 Å². The van der Waals surface area contributed by atoms with Crippen LogP contribution in [0.25, 0.3) is 0 Å². The molecule has 1 aromatic rings. The zero-order chi connectivity index (χ0) is 14.1. The average molecular weight is 273 g/mol. The molecule has 106 valence electrons. The van der Waals surface area contributed by atoms with E-state index in [0.29, 0.717) is 13.1 Å². The van der Waals surface area contributed by atoms with E-state index >= 15 is 0 Å². The Hall–Kier alpha value is -1.85. The van der Waals surface area contributed by atoms with Crippen molar-refractivity contribution in [1.29, 1.82) is 0 Å². The summed E-state index contributed by atoms with van der Waals surface area (Å²) in [6, 6.07) is 7.96. The van der Waals surface area contributed by atoms with Crippen LogP contribution in [0.15, 0.2) is 36.0 Å². The molecule has 2 aliphatic heterocycles. The van der Waals surface area contributed by atoms with Crippen molar-refractivity contribution in [1.82, 2.24) is 15.8 Å². The molecular weight excluding hydrogens is 254 g/mol. The number of hydrogen-bond donors (Lipinski definition) is 2. The molecule has 0 bridgehead atoms. The Bertz CT molecular complexity index is 539. The molecule has 2 unspecified atom stereocenters. The van der Waals surface area contributed by atoms with Gasteiger partial charge in [0.05, 0.1) is 25.6 Å². The van der Waals surface area contributed by atoms with E-state index < -0.39 is 0 Å². The molecule has 2 N–H and O–H groups in total. The molecule has 1 fully saturated rings. The van der Waals surface area contributed by atoms with Crippen LogP contribution in [-0.2, 0) is 11.3 Å². The van der Waals surface area contributed by atoms with Gasteiger partial charge < -0.3 is 9.64 Å². The number of hydrazine groups is 1. The summed E-state index contributed by atoms with van der Waals surface area (Å²) in [6.07, 6.45) is 2.12. The van der Waals surface area contributed by atoms with E-state index in [1.165, 1.54) is 0 Å². The van der Waals surface area contributed by atoms with Crippen LogP contribution >= 0.6 is 0 Å². The van der Waals surface area contributed by atoms with Crippen LogP contribution in [0.1, 0.15) is 12.5 Å². The number of nitrogens with one attached hydrogen (secondary N) is 2. The Morgan fingerprint density at radius 3 is 2.80 bits per heavy atom. The molecule has 1 aromatic carbocycles. The van der Waals surface area contributed by atoms with Gasteiger partial charge in [-0.05, 0) is 30.7 Å². The van der Waals surface area contributed by atoms with Crippen LogP contribution in [0, 0.1) is 5.92 Å². The summed E-state index contributed by atoms with van der Waals surface area (Å²) in [6.45, 7) is 3.28. The van der Waals surface area contributed by atoms with Gasteiger partial charge in [-0.1, -0.05) is 12.1 Å². The highest BCUT2D eigenvalue weighted by molar-refractivity contribution is 5.83. The molecule has 1 saturated heterocycles. The Kier molecular flexibility index (Phi) is 3.46. The second-order valence-corrected chi connectivity index (χ2v) is 5.24. The van der Waals surface area contributed by atoms with Gasteiger partial charge in [-0.2, -0.15) is 0 Å². The van der Waals surface area contributed by atoms with Crippen molar-refractivity contribution < 1.29 is 9.53 Å². The van der Waals surface area contributed by atoms with Crippen LogP contribution < -0.4 is 15.6 Å². The van der Waals surface area contributed by atoms with Gasteiger partial charge in [0.25, 0.3) is 0 Å². The Labute approximate surface area is 118 Å². The maximum atomic E-state index is 12.5. The molecule has 2 aliphatic rings. The van der Waals surface area contributed by atoms with Gasteiger partial charge in [0.15, 0.2) is 0 Å². The fourth-order valence-electron chi connectivity index (χ4n) is 2.75. The van der Waals surface area contributed by atoms with E-state index in [4.69, 9.17) is 4.74 Å². The highest BCUT2D eigenvalue weighted by atomic mass is 16.5. The number of amides is 1.